The van der Waals surface area contributed by atoms with E-state index in [-0.39, 0.29) is 23.4 Å². The van der Waals surface area contributed by atoms with Crippen LogP contribution in [-0.4, -0.2) is 31.4 Å². The molecule has 0 aliphatic heterocycles. The largest absolute Gasteiger partial charge is 0.475 e. The lowest BCUT2D eigenvalue weighted by atomic mass is 10.0. The van der Waals surface area contributed by atoms with Gasteiger partial charge in [0.25, 0.3) is 0 Å². The van der Waals surface area contributed by atoms with Crippen molar-refractivity contribution in [3.05, 3.63) is 100.0 Å². The summed E-state index contributed by atoms with van der Waals surface area (Å²) in [6.45, 7) is 0.235. The average Bonchev–Trinajstić information content (AvgIpc) is 2.78. The molecule has 0 N–H and O–H groups in total. The fraction of sp³-hybridized carbons (Fsp3) is 0.217. The first-order chi connectivity index (χ1) is 14.2. The molecule has 0 amide bonds. The van der Waals surface area contributed by atoms with Crippen molar-refractivity contribution in [2.45, 2.75) is 18.9 Å². The lowest BCUT2D eigenvalue weighted by Gasteiger charge is -2.22. The third-order valence-electron chi connectivity index (χ3n) is 4.57. The Morgan fingerprint density at radius 2 is 1.48 bits per heavy atom. The highest BCUT2D eigenvalue weighted by Gasteiger charge is 2.19. The molecular formula is C23H23NO5. The predicted molar refractivity (Wildman–Crippen MR) is 109 cm³/mol. The summed E-state index contributed by atoms with van der Waals surface area (Å²) in [6.07, 6.45) is 1.11. The van der Waals surface area contributed by atoms with E-state index in [1.54, 1.807) is 4.57 Å². The Kier molecular flexibility index (Phi) is 6.94. The van der Waals surface area contributed by atoms with Crippen LogP contribution in [0.2, 0.25) is 0 Å². The number of carbonyl (C=O) groups excluding carboxylic acids is 1. The molecule has 0 fully saturated rings. The van der Waals surface area contributed by atoms with Gasteiger partial charge in [0.15, 0.2) is 18.3 Å². The van der Waals surface area contributed by atoms with Crippen molar-refractivity contribution < 1.29 is 19.0 Å². The first-order valence-electron chi connectivity index (χ1n) is 9.18. The highest BCUT2D eigenvalue weighted by atomic mass is 16.7. The molecule has 6 heteroatoms. The number of benzene rings is 2. The number of aromatic nitrogens is 1. The second kappa shape index (κ2) is 9.82. The van der Waals surface area contributed by atoms with Crippen LogP contribution in [0, 0.1) is 0 Å². The van der Waals surface area contributed by atoms with E-state index < -0.39 is 12.4 Å². The topological polar surface area (TPSA) is 66.8 Å². The van der Waals surface area contributed by atoms with E-state index in [9.17, 15) is 9.59 Å². The SMILES string of the molecule is COC(Cn1cc(OC(c2ccccc2)c2ccccc2)c(=O)cc1C=O)OC. The van der Waals surface area contributed by atoms with Gasteiger partial charge in [-0.05, 0) is 11.1 Å². The van der Waals surface area contributed by atoms with E-state index in [0.29, 0.717) is 6.29 Å². The smallest absolute Gasteiger partial charge is 0.224 e. The maximum absolute atomic E-state index is 12.6. The second-order valence-electron chi connectivity index (χ2n) is 6.42. The molecule has 1 heterocycles. The molecule has 0 aliphatic carbocycles. The van der Waals surface area contributed by atoms with Crippen molar-refractivity contribution in [1.82, 2.24) is 4.57 Å². The Morgan fingerprint density at radius 3 is 1.97 bits per heavy atom. The summed E-state index contributed by atoms with van der Waals surface area (Å²) < 4.78 is 18.2. The van der Waals surface area contributed by atoms with Gasteiger partial charge in [0.05, 0.1) is 18.4 Å². The molecule has 0 atom stereocenters. The van der Waals surface area contributed by atoms with E-state index in [4.69, 9.17) is 14.2 Å². The molecule has 29 heavy (non-hydrogen) atoms. The zero-order valence-corrected chi connectivity index (χ0v) is 16.4. The summed E-state index contributed by atoms with van der Waals surface area (Å²) in [5.41, 5.74) is 1.68. The van der Waals surface area contributed by atoms with Crippen molar-refractivity contribution in [1.29, 1.82) is 0 Å². The van der Waals surface area contributed by atoms with Crippen molar-refractivity contribution in [2.75, 3.05) is 14.2 Å². The highest BCUT2D eigenvalue weighted by molar-refractivity contribution is 5.72. The molecular weight excluding hydrogens is 370 g/mol. The monoisotopic (exact) mass is 393 g/mol. The van der Waals surface area contributed by atoms with Crippen molar-refractivity contribution in [3.8, 4) is 5.75 Å². The number of nitrogens with zero attached hydrogens (tertiary/aromatic N) is 1. The zero-order valence-electron chi connectivity index (χ0n) is 16.4. The number of methoxy groups -OCH3 is 2. The van der Waals surface area contributed by atoms with Crippen LogP contribution in [0.25, 0.3) is 0 Å². The van der Waals surface area contributed by atoms with Crippen molar-refractivity contribution >= 4 is 6.29 Å². The lowest BCUT2D eigenvalue weighted by Crippen LogP contribution is -2.25. The third kappa shape index (κ3) is 4.99. The Hall–Kier alpha value is -3.22. The fourth-order valence-electron chi connectivity index (χ4n) is 3.03. The van der Waals surface area contributed by atoms with Crippen LogP contribution in [0.3, 0.4) is 0 Å². The Morgan fingerprint density at radius 1 is 0.931 bits per heavy atom. The van der Waals surface area contributed by atoms with Crippen LogP contribution in [0.5, 0.6) is 5.75 Å². The number of aldehydes is 1. The average molecular weight is 393 g/mol. The standard InChI is InChI=1S/C23H23NO5/c1-27-22(28-2)15-24-14-21(20(26)13-19(24)16-25)29-23(17-9-5-3-6-10-17)18-11-7-4-8-12-18/h3-14,16,22-23H,15H2,1-2H3. The number of ether oxygens (including phenoxy) is 3. The molecule has 1 aromatic heterocycles. The number of pyridine rings is 1. The van der Waals surface area contributed by atoms with E-state index in [1.165, 1.54) is 26.5 Å². The summed E-state index contributed by atoms with van der Waals surface area (Å²) in [5.74, 6) is 0.138. The number of carbonyl (C=O) groups is 1. The summed E-state index contributed by atoms with van der Waals surface area (Å²) in [6, 6.07) is 20.6. The summed E-state index contributed by atoms with van der Waals surface area (Å²) >= 11 is 0. The second-order valence-corrected chi connectivity index (χ2v) is 6.42. The van der Waals surface area contributed by atoms with Gasteiger partial charge >= 0.3 is 0 Å². The highest BCUT2D eigenvalue weighted by Crippen LogP contribution is 2.27. The van der Waals surface area contributed by atoms with E-state index in [1.807, 2.05) is 60.7 Å². The van der Waals surface area contributed by atoms with Crippen LogP contribution < -0.4 is 10.2 Å². The molecule has 3 rings (SSSR count). The van der Waals surface area contributed by atoms with Crippen LogP contribution in [0.15, 0.2) is 77.7 Å². The summed E-state index contributed by atoms with van der Waals surface area (Å²) in [7, 11) is 3.02. The molecule has 150 valence electrons. The quantitative estimate of drug-likeness (QED) is 0.412. The summed E-state index contributed by atoms with van der Waals surface area (Å²) in [4.78, 5) is 24.0. The third-order valence-corrected chi connectivity index (χ3v) is 4.57. The van der Waals surface area contributed by atoms with Crippen LogP contribution in [0.1, 0.15) is 27.7 Å². The Bertz CT molecular complexity index is 942. The van der Waals surface area contributed by atoms with Gasteiger partial charge in [-0.2, -0.15) is 0 Å². The van der Waals surface area contributed by atoms with Gasteiger partial charge in [0.2, 0.25) is 5.43 Å². The molecule has 0 saturated heterocycles. The van der Waals surface area contributed by atoms with Crippen molar-refractivity contribution in [3.63, 3.8) is 0 Å². The molecule has 0 radical (unpaired) electrons. The predicted octanol–water partition coefficient (Wildman–Crippen LogP) is 3.45. The van der Waals surface area contributed by atoms with Gasteiger partial charge in [0.1, 0.15) is 6.10 Å². The molecule has 6 nitrogen and oxygen atoms in total. The van der Waals surface area contributed by atoms with E-state index in [2.05, 4.69) is 0 Å². The number of hydrogen-bond acceptors (Lipinski definition) is 5. The first-order valence-corrected chi connectivity index (χ1v) is 9.18. The maximum atomic E-state index is 12.6. The van der Waals surface area contributed by atoms with Crippen molar-refractivity contribution in [2.24, 2.45) is 0 Å². The Labute approximate surface area is 169 Å². The number of rotatable bonds is 9. The minimum atomic E-state index is -0.567. The van der Waals surface area contributed by atoms with Gasteiger partial charge in [-0.15, -0.1) is 0 Å². The lowest BCUT2D eigenvalue weighted by molar-refractivity contribution is -0.111. The summed E-state index contributed by atoms with van der Waals surface area (Å²) in [5, 5.41) is 0. The minimum Gasteiger partial charge on any atom is -0.475 e. The van der Waals surface area contributed by atoms with Gasteiger partial charge in [-0.3, -0.25) is 9.59 Å². The molecule has 0 saturated carbocycles. The fourth-order valence-corrected chi connectivity index (χ4v) is 3.03. The van der Waals surface area contributed by atoms with Gasteiger partial charge in [-0.25, -0.2) is 0 Å². The zero-order chi connectivity index (χ0) is 20.6. The van der Waals surface area contributed by atoms with Gasteiger partial charge in [-0.1, -0.05) is 60.7 Å². The molecule has 0 bridgehead atoms. The molecule has 3 aromatic rings. The van der Waals surface area contributed by atoms with Crippen LogP contribution >= 0.6 is 0 Å². The van der Waals surface area contributed by atoms with Crippen LogP contribution in [0.4, 0.5) is 0 Å². The Balaban J connectivity index is 2.01. The van der Waals surface area contributed by atoms with Gasteiger partial charge in [0, 0.05) is 20.3 Å². The van der Waals surface area contributed by atoms with E-state index in [0.717, 1.165) is 11.1 Å². The normalized spacial score (nSPS) is 11.0. The van der Waals surface area contributed by atoms with E-state index >= 15 is 0 Å². The maximum Gasteiger partial charge on any atom is 0.224 e. The molecule has 2 aromatic carbocycles. The molecule has 0 spiro atoms. The first kappa shape index (κ1) is 20.5. The van der Waals surface area contributed by atoms with Crippen LogP contribution in [-0.2, 0) is 16.0 Å². The minimum absolute atomic E-state index is 0.138. The number of hydrogen-bond donors (Lipinski definition) is 0. The van der Waals surface area contributed by atoms with Gasteiger partial charge < -0.3 is 18.8 Å². The molecule has 0 unspecified atom stereocenters. The molecule has 0 aliphatic rings.